The van der Waals surface area contributed by atoms with E-state index in [1.165, 1.54) is 0 Å². The first-order chi connectivity index (χ1) is 7.94. The van der Waals surface area contributed by atoms with E-state index in [9.17, 15) is 4.79 Å². The Labute approximate surface area is 102 Å². The molecule has 0 radical (unpaired) electrons. The predicted molar refractivity (Wildman–Crippen MR) is 67.9 cm³/mol. The predicted octanol–water partition coefficient (Wildman–Crippen LogP) is 2.10. The molecule has 0 aliphatic heterocycles. The van der Waals surface area contributed by atoms with Crippen LogP contribution in [0.25, 0.3) is 0 Å². The summed E-state index contributed by atoms with van der Waals surface area (Å²) in [4.78, 5) is 13.3. The van der Waals surface area contributed by atoms with Gasteiger partial charge in [0.2, 0.25) is 0 Å². The van der Waals surface area contributed by atoms with E-state index >= 15 is 0 Å². The molecule has 0 saturated carbocycles. The van der Waals surface area contributed by atoms with Crippen molar-refractivity contribution in [3.63, 3.8) is 0 Å². The summed E-state index contributed by atoms with van der Waals surface area (Å²) >= 11 is 0. The van der Waals surface area contributed by atoms with E-state index in [1.54, 1.807) is 24.1 Å². The van der Waals surface area contributed by atoms with Crippen LogP contribution in [0.5, 0.6) is 5.75 Å². The first-order valence-electron chi connectivity index (χ1n) is 5.63. The number of carbonyl (C=O) groups excluding carboxylic acids is 1. The maximum atomic E-state index is 11.8. The van der Waals surface area contributed by atoms with Crippen molar-refractivity contribution in [2.24, 2.45) is 11.1 Å². The lowest BCUT2D eigenvalue weighted by atomic mass is 9.93. The molecule has 1 amide bonds. The molecule has 0 saturated heterocycles. The smallest absolute Gasteiger partial charge is 0.410 e. The molecule has 1 aromatic carbocycles. The third kappa shape index (κ3) is 4.44. The Morgan fingerprint density at radius 3 is 2.47 bits per heavy atom. The quantitative estimate of drug-likeness (QED) is 0.871. The first kappa shape index (κ1) is 13.5. The molecule has 4 nitrogen and oxygen atoms in total. The average Bonchev–Trinajstić information content (AvgIpc) is 2.30. The van der Waals surface area contributed by atoms with E-state index in [0.717, 1.165) is 0 Å². The summed E-state index contributed by atoms with van der Waals surface area (Å²) in [6, 6.07) is 9.02. The summed E-state index contributed by atoms with van der Waals surface area (Å²) < 4.78 is 5.21. The minimum absolute atomic E-state index is 0.107. The van der Waals surface area contributed by atoms with E-state index in [4.69, 9.17) is 10.5 Å². The maximum absolute atomic E-state index is 11.8. The normalized spacial score (nSPS) is 11.1. The lowest BCUT2D eigenvalue weighted by molar-refractivity contribution is 0.144. The second kappa shape index (κ2) is 5.68. The lowest BCUT2D eigenvalue weighted by Crippen LogP contribution is -2.40. The summed E-state index contributed by atoms with van der Waals surface area (Å²) in [5.41, 5.74) is 5.52. The van der Waals surface area contributed by atoms with Crippen LogP contribution in [0.2, 0.25) is 0 Å². The standard InChI is InChI=1S/C13H20N2O2/c1-13(2,9-14)10-15(3)12(16)17-11-7-5-4-6-8-11/h4-8H,9-10,14H2,1-3H3. The third-order valence-electron chi connectivity index (χ3n) is 2.48. The maximum Gasteiger partial charge on any atom is 0.414 e. The molecule has 0 bridgehead atoms. The Hall–Kier alpha value is -1.55. The zero-order valence-electron chi connectivity index (χ0n) is 10.6. The molecule has 0 aliphatic carbocycles. The molecular formula is C13H20N2O2. The Kier molecular flexibility index (Phi) is 4.52. The van der Waals surface area contributed by atoms with Gasteiger partial charge in [0.05, 0.1) is 0 Å². The number of para-hydroxylation sites is 1. The fourth-order valence-corrected chi connectivity index (χ4v) is 1.44. The van der Waals surface area contributed by atoms with Crippen LogP contribution in [0.15, 0.2) is 30.3 Å². The Bertz CT molecular complexity index is 363. The van der Waals surface area contributed by atoms with E-state index in [1.807, 2.05) is 32.0 Å². The Morgan fingerprint density at radius 1 is 1.35 bits per heavy atom. The number of nitrogens with two attached hydrogens (primary N) is 1. The largest absolute Gasteiger partial charge is 0.414 e. The molecule has 0 unspecified atom stereocenters. The summed E-state index contributed by atoms with van der Waals surface area (Å²) in [5.74, 6) is 0.551. The van der Waals surface area contributed by atoms with Gasteiger partial charge in [-0.2, -0.15) is 0 Å². The fraction of sp³-hybridized carbons (Fsp3) is 0.462. The van der Waals surface area contributed by atoms with Crippen LogP contribution in [0.3, 0.4) is 0 Å². The van der Waals surface area contributed by atoms with Gasteiger partial charge in [0, 0.05) is 13.6 Å². The zero-order chi connectivity index (χ0) is 12.9. The second-order valence-electron chi connectivity index (χ2n) is 4.91. The number of rotatable bonds is 4. The molecule has 0 aromatic heterocycles. The molecule has 0 atom stereocenters. The van der Waals surface area contributed by atoms with E-state index in [0.29, 0.717) is 18.8 Å². The van der Waals surface area contributed by atoms with Crippen LogP contribution < -0.4 is 10.5 Å². The van der Waals surface area contributed by atoms with Gasteiger partial charge in [-0.05, 0) is 24.1 Å². The average molecular weight is 236 g/mol. The summed E-state index contributed by atoms with van der Waals surface area (Å²) in [7, 11) is 1.71. The SMILES string of the molecule is CN(CC(C)(C)CN)C(=O)Oc1ccccc1. The van der Waals surface area contributed by atoms with Gasteiger partial charge >= 0.3 is 6.09 Å². The molecule has 94 valence electrons. The Balaban J connectivity index is 2.54. The van der Waals surface area contributed by atoms with Crippen molar-refractivity contribution >= 4 is 6.09 Å². The van der Waals surface area contributed by atoms with Crippen molar-refractivity contribution in [2.75, 3.05) is 20.1 Å². The monoisotopic (exact) mass is 236 g/mol. The van der Waals surface area contributed by atoms with E-state index < -0.39 is 0 Å². The number of amides is 1. The van der Waals surface area contributed by atoms with Crippen LogP contribution in [0, 0.1) is 5.41 Å². The number of hydrogen-bond donors (Lipinski definition) is 1. The van der Waals surface area contributed by atoms with Crippen LogP contribution in [-0.2, 0) is 0 Å². The number of hydrogen-bond acceptors (Lipinski definition) is 3. The van der Waals surface area contributed by atoms with Gasteiger partial charge in [-0.25, -0.2) is 4.79 Å². The molecule has 1 aromatic rings. The van der Waals surface area contributed by atoms with Crippen molar-refractivity contribution in [3.8, 4) is 5.75 Å². The third-order valence-corrected chi connectivity index (χ3v) is 2.48. The number of carbonyl (C=O) groups is 1. The van der Waals surface area contributed by atoms with E-state index in [-0.39, 0.29) is 11.5 Å². The highest BCUT2D eigenvalue weighted by atomic mass is 16.6. The van der Waals surface area contributed by atoms with Gasteiger partial charge in [-0.15, -0.1) is 0 Å². The van der Waals surface area contributed by atoms with Crippen LogP contribution in [0.1, 0.15) is 13.8 Å². The molecule has 0 fully saturated rings. The lowest BCUT2D eigenvalue weighted by Gasteiger charge is -2.28. The molecular weight excluding hydrogens is 216 g/mol. The minimum Gasteiger partial charge on any atom is -0.410 e. The van der Waals surface area contributed by atoms with Gasteiger partial charge in [-0.1, -0.05) is 32.0 Å². The van der Waals surface area contributed by atoms with E-state index in [2.05, 4.69) is 0 Å². The first-order valence-corrected chi connectivity index (χ1v) is 5.63. The fourth-order valence-electron chi connectivity index (χ4n) is 1.44. The second-order valence-corrected chi connectivity index (χ2v) is 4.91. The zero-order valence-corrected chi connectivity index (χ0v) is 10.6. The minimum atomic E-state index is -0.363. The van der Waals surface area contributed by atoms with Gasteiger partial charge < -0.3 is 15.4 Å². The van der Waals surface area contributed by atoms with Crippen LogP contribution >= 0.6 is 0 Å². The van der Waals surface area contributed by atoms with Crippen molar-refractivity contribution in [2.45, 2.75) is 13.8 Å². The highest BCUT2D eigenvalue weighted by molar-refractivity contribution is 5.70. The molecule has 0 aliphatic rings. The summed E-state index contributed by atoms with van der Waals surface area (Å²) in [6.07, 6.45) is -0.363. The molecule has 1 rings (SSSR count). The highest BCUT2D eigenvalue weighted by Gasteiger charge is 2.22. The highest BCUT2D eigenvalue weighted by Crippen LogP contribution is 2.15. The summed E-state index contributed by atoms with van der Waals surface area (Å²) in [6.45, 7) is 5.11. The number of nitrogens with zero attached hydrogens (tertiary/aromatic N) is 1. The van der Waals surface area contributed by atoms with Gasteiger partial charge in [0.15, 0.2) is 0 Å². The molecule has 4 heteroatoms. The molecule has 0 spiro atoms. The van der Waals surface area contributed by atoms with Crippen molar-refractivity contribution in [1.82, 2.24) is 4.90 Å². The Morgan fingerprint density at radius 2 is 1.94 bits per heavy atom. The van der Waals surface area contributed by atoms with Gasteiger partial charge in [0.1, 0.15) is 5.75 Å². The van der Waals surface area contributed by atoms with Crippen LogP contribution in [-0.4, -0.2) is 31.1 Å². The van der Waals surface area contributed by atoms with Crippen molar-refractivity contribution in [1.29, 1.82) is 0 Å². The summed E-state index contributed by atoms with van der Waals surface area (Å²) in [5, 5.41) is 0. The van der Waals surface area contributed by atoms with Gasteiger partial charge in [-0.3, -0.25) is 0 Å². The van der Waals surface area contributed by atoms with Gasteiger partial charge in [0.25, 0.3) is 0 Å². The molecule has 17 heavy (non-hydrogen) atoms. The van der Waals surface area contributed by atoms with Crippen molar-refractivity contribution < 1.29 is 9.53 Å². The topological polar surface area (TPSA) is 55.6 Å². The molecule has 2 N–H and O–H groups in total. The number of ether oxygens (including phenoxy) is 1. The molecule has 0 heterocycles. The van der Waals surface area contributed by atoms with Crippen molar-refractivity contribution in [3.05, 3.63) is 30.3 Å². The van der Waals surface area contributed by atoms with Crippen LogP contribution in [0.4, 0.5) is 4.79 Å². The number of benzene rings is 1.